The number of ether oxygens (including phenoxy) is 2. The first kappa shape index (κ1) is 23.7. The molecule has 2 aromatic rings. The molecule has 2 aromatic carbocycles. The first-order valence-electron chi connectivity index (χ1n) is 11.2. The fraction of sp³-hybridized carbons (Fsp3) is 0.308. The molecule has 2 fully saturated rings. The molecule has 0 aliphatic carbocycles. The molecule has 1 amide bonds. The maximum absolute atomic E-state index is 13.6. The molecule has 0 saturated carbocycles. The van der Waals surface area contributed by atoms with Crippen molar-refractivity contribution in [3.63, 3.8) is 0 Å². The van der Waals surface area contributed by atoms with Gasteiger partial charge in [0, 0.05) is 31.7 Å². The number of carbonyl (C=O) groups excluding carboxylic acids is 2. The van der Waals surface area contributed by atoms with Crippen LogP contribution in [0.5, 0.6) is 5.75 Å². The number of hydrogen-bond acceptors (Lipinski definition) is 6. The molecule has 0 radical (unpaired) electrons. The Kier molecular flexibility index (Phi) is 7.40. The van der Waals surface area contributed by atoms with Crippen molar-refractivity contribution in [1.82, 2.24) is 9.80 Å². The normalized spacial score (nSPS) is 20.5. The Labute approximate surface area is 197 Å². The van der Waals surface area contributed by atoms with E-state index in [0.717, 1.165) is 13.1 Å². The van der Waals surface area contributed by atoms with E-state index in [1.165, 1.54) is 29.2 Å². The van der Waals surface area contributed by atoms with E-state index in [1.807, 2.05) is 0 Å². The Balaban J connectivity index is 1.68. The number of Topliss-reactive ketones (excluding diaryl/α,β-unsaturated/α-hetero) is 1. The van der Waals surface area contributed by atoms with Crippen LogP contribution < -0.4 is 4.74 Å². The molecule has 2 heterocycles. The van der Waals surface area contributed by atoms with Crippen LogP contribution in [-0.4, -0.2) is 72.6 Å². The summed E-state index contributed by atoms with van der Waals surface area (Å²) in [6, 6.07) is 11.4. The Morgan fingerprint density at radius 1 is 1.09 bits per heavy atom. The van der Waals surface area contributed by atoms with Crippen molar-refractivity contribution in [2.75, 3.05) is 46.0 Å². The van der Waals surface area contributed by atoms with Gasteiger partial charge < -0.3 is 19.5 Å². The summed E-state index contributed by atoms with van der Waals surface area (Å²) >= 11 is 0. The van der Waals surface area contributed by atoms with E-state index < -0.39 is 23.5 Å². The monoisotopic (exact) mass is 466 g/mol. The van der Waals surface area contributed by atoms with Gasteiger partial charge in [-0.1, -0.05) is 24.8 Å². The molecule has 0 aromatic heterocycles. The lowest BCUT2D eigenvalue weighted by Crippen LogP contribution is -2.42. The number of hydrogen-bond donors (Lipinski definition) is 1. The number of nitrogens with zero attached hydrogens (tertiary/aromatic N) is 2. The molecule has 7 nitrogen and oxygen atoms in total. The highest BCUT2D eigenvalue weighted by molar-refractivity contribution is 6.46. The summed E-state index contributed by atoms with van der Waals surface area (Å²) < 4.78 is 24.5. The minimum absolute atomic E-state index is 0.0154. The van der Waals surface area contributed by atoms with Gasteiger partial charge in [0.1, 0.15) is 23.9 Å². The molecule has 178 valence electrons. The molecule has 2 saturated heterocycles. The fourth-order valence-corrected chi connectivity index (χ4v) is 4.20. The Morgan fingerprint density at radius 3 is 2.41 bits per heavy atom. The molecule has 4 rings (SSSR count). The highest BCUT2D eigenvalue weighted by Gasteiger charge is 2.46. The lowest BCUT2D eigenvalue weighted by molar-refractivity contribution is -0.140. The Bertz CT molecular complexity index is 1080. The minimum atomic E-state index is -0.821. The van der Waals surface area contributed by atoms with E-state index in [-0.39, 0.29) is 17.9 Å². The zero-order valence-electron chi connectivity index (χ0n) is 18.8. The largest absolute Gasteiger partial charge is 0.507 e. The van der Waals surface area contributed by atoms with Gasteiger partial charge in [-0.05, 0) is 42.0 Å². The van der Waals surface area contributed by atoms with E-state index in [2.05, 4.69) is 11.5 Å². The van der Waals surface area contributed by atoms with Gasteiger partial charge in [0.25, 0.3) is 11.7 Å². The molecule has 2 aliphatic rings. The van der Waals surface area contributed by atoms with E-state index in [1.54, 1.807) is 30.3 Å². The number of rotatable bonds is 8. The maximum atomic E-state index is 13.6. The highest BCUT2D eigenvalue weighted by Crippen LogP contribution is 2.39. The summed E-state index contributed by atoms with van der Waals surface area (Å²) in [7, 11) is 0. The zero-order chi connectivity index (χ0) is 24.1. The van der Waals surface area contributed by atoms with Gasteiger partial charge >= 0.3 is 0 Å². The van der Waals surface area contributed by atoms with E-state index in [0.29, 0.717) is 43.2 Å². The molecule has 0 unspecified atom stereocenters. The number of ketones is 1. The van der Waals surface area contributed by atoms with Crippen molar-refractivity contribution in [2.24, 2.45) is 0 Å². The molecular formula is C26H27FN2O5. The summed E-state index contributed by atoms with van der Waals surface area (Å²) in [5.41, 5.74) is 0.914. The lowest BCUT2D eigenvalue weighted by Gasteiger charge is -2.31. The SMILES string of the molecule is C=CCOc1ccc(C(O)=C2C(=O)C(=O)N(CCN3CCOCC3)[C@H]2c2ccc(F)cc2)cc1. The van der Waals surface area contributed by atoms with Crippen LogP contribution in [0, 0.1) is 5.82 Å². The average molecular weight is 467 g/mol. The summed E-state index contributed by atoms with van der Waals surface area (Å²) in [6.45, 7) is 7.51. The van der Waals surface area contributed by atoms with Gasteiger partial charge in [-0.25, -0.2) is 4.39 Å². The molecule has 1 atom stereocenters. The van der Waals surface area contributed by atoms with Crippen molar-refractivity contribution >= 4 is 17.4 Å². The molecular weight excluding hydrogens is 439 g/mol. The van der Waals surface area contributed by atoms with Crippen LogP contribution in [0.2, 0.25) is 0 Å². The molecule has 2 aliphatic heterocycles. The molecule has 0 spiro atoms. The fourth-order valence-electron chi connectivity index (χ4n) is 4.20. The predicted molar refractivity (Wildman–Crippen MR) is 125 cm³/mol. The topological polar surface area (TPSA) is 79.3 Å². The predicted octanol–water partition coefficient (Wildman–Crippen LogP) is 3.14. The molecule has 1 N–H and O–H groups in total. The molecule has 0 bridgehead atoms. The van der Waals surface area contributed by atoms with Gasteiger partial charge in [0.2, 0.25) is 0 Å². The van der Waals surface area contributed by atoms with Crippen molar-refractivity contribution in [3.8, 4) is 5.75 Å². The van der Waals surface area contributed by atoms with Gasteiger partial charge in [0.15, 0.2) is 0 Å². The maximum Gasteiger partial charge on any atom is 0.295 e. The number of morpholine rings is 1. The van der Waals surface area contributed by atoms with Crippen LogP contribution in [0.4, 0.5) is 4.39 Å². The number of aliphatic hydroxyl groups is 1. The third kappa shape index (κ3) is 5.03. The van der Waals surface area contributed by atoms with Crippen LogP contribution in [0.15, 0.2) is 66.8 Å². The number of likely N-dealkylation sites (tertiary alicyclic amines) is 1. The average Bonchev–Trinajstić information content (AvgIpc) is 3.12. The summed E-state index contributed by atoms with van der Waals surface area (Å²) in [4.78, 5) is 29.7. The second-order valence-corrected chi connectivity index (χ2v) is 8.12. The third-order valence-corrected chi connectivity index (χ3v) is 5.98. The molecule has 8 heteroatoms. The van der Waals surface area contributed by atoms with Crippen LogP contribution >= 0.6 is 0 Å². The summed E-state index contributed by atoms with van der Waals surface area (Å²) in [5, 5.41) is 11.1. The van der Waals surface area contributed by atoms with Gasteiger partial charge in [-0.2, -0.15) is 0 Å². The van der Waals surface area contributed by atoms with Crippen LogP contribution in [-0.2, 0) is 14.3 Å². The van der Waals surface area contributed by atoms with Gasteiger partial charge in [0.05, 0.1) is 24.8 Å². The zero-order valence-corrected chi connectivity index (χ0v) is 18.8. The summed E-state index contributed by atoms with van der Waals surface area (Å²) in [5.74, 6) is -1.57. The molecule has 34 heavy (non-hydrogen) atoms. The van der Waals surface area contributed by atoms with Crippen molar-refractivity contribution in [2.45, 2.75) is 6.04 Å². The number of halogens is 1. The second-order valence-electron chi connectivity index (χ2n) is 8.12. The van der Waals surface area contributed by atoms with Crippen LogP contribution in [0.1, 0.15) is 17.2 Å². The first-order chi connectivity index (χ1) is 16.5. The van der Waals surface area contributed by atoms with E-state index in [9.17, 15) is 19.1 Å². The van der Waals surface area contributed by atoms with Crippen LogP contribution in [0.3, 0.4) is 0 Å². The van der Waals surface area contributed by atoms with Gasteiger partial charge in [-0.3, -0.25) is 14.5 Å². The summed E-state index contributed by atoms with van der Waals surface area (Å²) in [6.07, 6.45) is 1.62. The van der Waals surface area contributed by atoms with Crippen molar-refractivity contribution in [3.05, 3.63) is 83.7 Å². The Hall–Kier alpha value is -3.49. The lowest BCUT2D eigenvalue weighted by atomic mass is 9.95. The van der Waals surface area contributed by atoms with Crippen molar-refractivity contribution < 1.29 is 28.6 Å². The number of carbonyl (C=O) groups is 2. The Morgan fingerprint density at radius 2 is 1.76 bits per heavy atom. The van der Waals surface area contributed by atoms with E-state index in [4.69, 9.17) is 9.47 Å². The number of benzene rings is 2. The quantitative estimate of drug-likeness (QED) is 0.279. The standard InChI is InChI=1S/C26H27FN2O5/c1-2-15-34-21-9-5-19(6-10-21)24(30)22-23(18-3-7-20(27)8-4-18)29(26(32)25(22)31)12-11-28-13-16-33-17-14-28/h2-10,23,30H,1,11-17H2/t23-/m0/s1. The highest BCUT2D eigenvalue weighted by atomic mass is 19.1. The smallest absolute Gasteiger partial charge is 0.295 e. The number of aliphatic hydroxyl groups excluding tert-OH is 1. The number of amides is 1. The van der Waals surface area contributed by atoms with Gasteiger partial charge in [-0.15, -0.1) is 0 Å². The third-order valence-electron chi connectivity index (χ3n) is 5.98. The van der Waals surface area contributed by atoms with Crippen LogP contribution in [0.25, 0.3) is 5.76 Å². The first-order valence-corrected chi connectivity index (χ1v) is 11.2. The second kappa shape index (κ2) is 10.6. The minimum Gasteiger partial charge on any atom is -0.507 e. The van der Waals surface area contributed by atoms with E-state index >= 15 is 0 Å². The van der Waals surface area contributed by atoms with Crippen molar-refractivity contribution in [1.29, 1.82) is 0 Å².